The van der Waals surface area contributed by atoms with E-state index in [9.17, 15) is 4.79 Å². The van der Waals surface area contributed by atoms with Crippen molar-refractivity contribution in [3.63, 3.8) is 0 Å². The average molecular weight is 421 g/mol. The molecular formula is C21H29ClN4OS. The van der Waals surface area contributed by atoms with Gasteiger partial charge in [-0.25, -0.2) is 0 Å². The standard InChI is InChI=1S/C21H29ClN4OS/c1-2-3-4-7-14-26-20(16-10-12-17(22)13-11-16)24-25-21(26)28-15-19(27)23-18-8-5-6-9-18/h10-13,18H,2-9,14-15H2,1H3,(H,23,27). The van der Waals surface area contributed by atoms with Crippen molar-refractivity contribution in [1.82, 2.24) is 20.1 Å². The van der Waals surface area contributed by atoms with Crippen molar-refractivity contribution in [2.75, 3.05) is 5.75 Å². The molecule has 1 heterocycles. The van der Waals surface area contributed by atoms with Gasteiger partial charge < -0.3 is 9.88 Å². The Morgan fingerprint density at radius 1 is 1.18 bits per heavy atom. The Labute approximate surface area is 176 Å². The fourth-order valence-corrected chi connectivity index (χ4v) is 4.48. The number of carbonyl (C=O) groups is 1. The van der Waals surface area contributed by atoms with E-state index in [1.165, 1.54) is 43.9 Å². The molecule has 28 heavy (non-hydrogen) atoms. The van der Waals surface area contributed by atoms with Crippen LogP contribution in [0, 0.1) is 0 Å². The van der Waals surface area contributed by atoms with E-state index in [4.69, 9.17) is 11.6 Å². The first-order valence-corrected chi connectivity index (χ1v) is 11.6. The molecule has 1 N–H and O–H groups in total. The number of nitrogens with one attached hydrogen (secondary N) is 1. The van der Waals surface area contributed by atoms with Crippen molar-refractivity contribution in [2.24, 2.45) is 0 Å². The predicted octanol–water partition coefficient (Wildman–Crippen LogP) is 5.33. The molecular weight excluding hydrogens is 392 g/mol. The molecule has 152 valence electrons. The van der Waals surface area contributed by atoms with Gasteiger partial charge in [0, 0.05) is 23.2 Å². The summed E-state index contributed by atoms with van der Waals surface area (Å²) in [6.45, 7) is 3.07. The molecule has 0 bridgehead atoms. The third kappa shape index (κ3) is 5.98. The number of thioether (sulfide) groups is 1. The van der Waals surface area contributed by atoms with E-state index in [2.05, 4.69) is 27.0 Å². The van der Waals surface area contributed by atoms with Crippen molar-refractivity contribution < 1.29 is 4.79 Å². The molecule has 1 aromatic carbocycles. The number of carbonyl (C=O) groups excluding carboxylic acids is 1. The Balaban J connectivity index is 1.67. The van der Waals surface area contributed by atoms with Crippen LogP contribution in [-0.2, 0) is 11.3 Å². The molecule has 0 radical (unpaired) electrons. The van der Waals surface area contributed by atoms with Crippen LogP contribution < -0.4 is 5.32 Å². The first-order valence-electron chi connectivity index (χ1n) is 10.3. The van der Waals surface area contributed by atoms with Gasteiger partial charge in [-0.2, -0.15) is 0 Å². The quantitative estimate of drug-likeness (QED) is 0.417. The maximum Gasteiger partial charge on any atom is 0.230 e. The maximum atomic E-state index is 12.3. The molecule has 0 spiro atoms. The Bertz CT molecular complexity index is 756. The lowest BCUT2D eigenvalue weighted by Gasteiger charge is -2.12. The van der Waals surface area contributed by atoms with Crippen LogP contribution in [0.4, 0.5) is 0 Å². The number of nitrogens with zero attached hydrogens (tertiary/aromatic N) is 3. The van der Waals surface area contributed by atoms with Gasteiger partial charge in [0.2, 0.25) is 5.91 Å². The summed E-state index contributed by atoms with van der Waals surface area (Å²) in [5.74, 6) is 1.31. The number of hydrogen-bond acceptors (Lipinski definition) is 4. The van der Waals surface area contributed by atoms with Crippen molar-refractivity contribution in [3.8, 4) is 11.4 Å². The number of benzene rings is 1. The zero-order valence-corrected chi connectivity index (χ0v) is 18.1. The monoisotopic (exact) mass is 420 g/mol. The number of hydrogen-bond donors (Lipinski definition) is 1. The number of amides is 1. The number of unbranched alkanes of at least 4 members (excludes halogenated alkanes) is 3. The lowest BCUT2D eigenvalue weighted by Crippen LogP contribution is -2.33. The van der Waals surface area contributed by atoms with E-state index in [0.717, 1.165) is 42.4 Å². The number of halogens is 1. The van der Waals surface area contributed by atoms with Gasteiger partial charge in [0.1, 0.15) is 0 Å². The molecule has 1 amide bonds. The predicted molar refractivity (Wildman–Crippen MR) is 116 cm³/mol. The van der Waals surface area contributed by atoms with Gasteiger partial charge in [-0.3, -0.25) is 4.79 Å². The molecule has 1 aliphatic rings. The van der Waals surface area contributed by atoms with Crippen molar-refractivity contribution in [1.29, 1.82) is 0 Å². The minimum Gasteiger partial charge on any atom is -0.353 e. The van der Waals surface area contributed by atoms with Gasteiger partial charge >= 0.3 is 0 Å². The topological polar surface area (TPSA) is 59.8 Å². The third-order valence-corrected chi connectivity index (χ3v) is 6.33. The molecule has 2 aromatic rings. The van der Waals surface area contributed by atoms with Gasteiger partial charge in [0.05, 0.1) is 5.75 Å². The highest BCUT2D eigenvalue weighted by Crippen LogP contribution is 2.26. The molecule has 5 nitrogen and oxygen atoms in total. The van der Waals surface area contributed by atoms with E-state index < -0.39 is 0 Å². The Morgan fingerprint density at radius 3 is 2.64 bits per heavy atom. The van der Waals surface area contributed by atoms with Crippen molar-refractivity contribution >= 4 is 29.3 Å². The highest BCUT2D eigenvalue weighted by Gasteiger charge is 2.19. The minimum atomic E-state index is 0.0884. The smallest absolute Gasteiger partial charge is 0.230 e. The first-order chi connectivity index (χ1) is 13.7. The second kappa shape index (κ2) is 10.9. The largest absolute Gasteiger partial charge is 0.353 e. The molecule has 0 atom stereocenters. The fourth-order valence-electron chi connectivity index (χ4n) is 3.58. The Kier molecular flexibility index (Phi) is 8.22. The zero-order valence-electron chi connectivity index (χ0n) is 16.5. The maximum absolute atomic E-state index is 12.3. The van der Waals surface area contributed by atoms with Crippen molar-refractivity contribution in [2.45, 2.75) is 76.0 Å². The van der Waals surface area contributed by atoms with E-state index in [-0.39, 0.29) is 5.91 Å². The van der Waals surface area contributed by atoms with Crippen LogP contribution in [0.2, 0.25) is 5.02 Å². The molecule has 1 aromatic heterocycles. The van der Waals surface area contributed by atoms with Gasteiger partial charge in [0.25, 0.3) is 0 Å². The first kappa shape index (κ1) is 21.2. The summed E-state index contributed by atoms with van der Waals surface area (Å²) in [6, 6.07) is 8.03. The summed E-state index contributed by atoms with van der Waals surface area (Å²) in [4.78, 5) is 12.3. The Hall–Kier alpha value is -1.53. The summed E-state index contributed by atoms with van der Waals surface area (Å²) < 4.78 is 2.15. The van der Waals surface area contributed by atoms with Crippen LogP contribution in [0.25, 0.3) is 11.4 Å². The van der Waals surface area contributed by atoms with Crippen LogP contribution in [0.5, 0.6) is 0 Å². The normalized spacial score (nSPS) is 14.5. The summed E-state index contributed by atoms with van der Waals surface area (Å²) in [7, 11) is 0. The van der Waals surface area contributed by atoms with Crippen molar-refractivity contribution in [3.05, 3.63) is 29.3 Å². The molecule has 0 saturated heterocycles. The van der Waals surface area contributed by atoms with E-state index in [0.29, 0.717) is 16.8 Å². The third-order valence-electron chi connectivity index (χ3n) is 5.11. The summed E-state index contributed by atoms with van der Waals surface area (Å²) in [5.41, 5.74) is 0.995. The molecule has 1 saturated carbocycles. The average Bonchev–Trinajstić information content (AvgIpc) is 3.34. The van der Waals surface area contributed by atoms with E-state index >= 15 is 0 Å². The highest BCUT2D eigenvalue weighted by molar-refractivity contribution is 7.99. The molecule has 0 unspecified atom stereocenters. The van der Waals surface area contributed by atoms with Crippen LogP contribution >= 0.6 is 23.4 Å². The minimum absolute atomic E-state index is 0.0884. The number of aromatic nitrogens is 3. The summed E-state index contributed by atoms with van der Waals surface area (Å²) >= 11 is 7.50. The molecule has 1 aliphatic carbocycles. The fraction of sp³-hybridized carbons (Fsp3) is 0.571. The number of rotatable bonds is 10. The molecule has 7 heteroatoms. The SMILES string of the molecule is CCCCCCn1c(SCC(=O)NC2CCCC2)nnc1-c1ccc(Cl)cc1. The van der Waals surface area contributed by atoms with Crippen LogP contribution in [0.3, 0.4) is 0 Å². The van der Waals surface area contributed by atoms with Gasteiger partial charge in [0.15, 0.2) is 11.0 Å². The van der Waals surface area contributed by atoms with Gasteiger partial charge in [-0.05, 0) is 43.5 Å². The van der Waals surface area contributed by atoms with E-state index in [1.807, 2.05) is 24.3 Å². The highest BCUT2D eigenvalue weighted by atomic mass is 35.5. The lowest BCUT2D eigenvalue weighted by molar-refractivity contribution is -0.119. The molecule has 0 aliphatic heterocycles. The summed E-state index contributed by atoms with van der Waals surface area (Å²) in [5, 5.41) is 13.4. The molecule has 3 rings (SSSR count). The lowest BCUT2D eigenvalue weighted by atomic mass is 10.2. The zero-order chi connectivity index (χ0) is 19.8. The van der Waals surface area contributed by atoms with Gasteiger partial charge in [-0.1, -0.05) is 62.4 Å². The van der Waals surface area contributed by atoms with Crippen LogP contribution in [0.15, 0.2) is 29.4 Å². The second-order valence-corrected chi connectivity index (χ2v) is 8.74. The summed E-state index contributed by atoms with van der Waals surface area (Å²) in [6.07, 6.45) is 9.33. The van der Waals surface area contributed by atoms with Crippen LogP contribution in [-0.4, -0.2) is 32.5 Å². The van der Waals surface area contributed by atoms with Crippen LogP contribution in [0.1, 0.15) is 58.3 Å². The van der Waals surface area contributed by atoms with Gasteiger partial charge in [-0.15, -0.1) is 10.2 Å². The Morgan fingerprint density at radius 2 is 1.93 bits per heavy atom. The second-order valence-electron chi connectivity index (χ2n) is 7.36. The molecule has 1 fully saturated rings. The van der Waals surface area contributed by atoms with E-state index in [1.54, 1.807) is 0 Å².